The highest BCUT2D eigenvalue weighted by atomic mass is 16.5. The third kappa shape index (κ3) is 3.49. The van der Waals surface area contributed by atoms with E-state index in [0.29, 0.717) is 22.9 Å². The highest BCUT2D eigenvalue weighted by Gasteiger charge is 2.11. The lowest BCUT2D eigenvalue weighted by atomic mass is 10.1. The van der Waals surface area contributed by atoms with Gasteiger partial charge in [-0.05, 0) is 24.3 Å². The van der Waals surface area contributed by atoms with Crippen LogP contribution in [0.1, 0.15) is 16.2 Å². The summed E-state index contributed by atoms with van der Waals surface area (Å²) in [7, 11) is 0. The number of hydrogen-bond donors (Lipinski definition) is 0. The van der Waals surface area contributed by atoms with Gasteiger partial charge in [-0.2, -0.15) is 0 Å². The second kappa shape index (κ2) is 6.53. The van der Waals surface area contributed by atoms with Crippen molar-refractivity contribution in [1.29, 1.82) is 0 Å². The third-order valence-electron chi connectivity index (χ3n) is 2.87. The summed E-state index contributed by atoms with van der Waals surface area (Å²) in [5, 5.41) is 0. The molecule has 0 bridgehead atoms. The number of carbonyl (C=O) groups excluding carboxylic acids is 1. The molecular weight excluding hydrogens is 280 g/mol. The van der Waals surface area contributed by atoms with Gasteiger partial charge in [0, 0.05) is 24.7 Å². The largest absolute Gasteiger partial charge is 0.456 e. The number of hydrogen-bond acceptors (Lipinski definition) is 6. The Morgan fingerprint density at radius 2 is 1.95 bits per heavy atom. The van der Waals surface area contributed by atoms with E-state index >= 15 is 0 Å². The number of Topliss-reactive ketones (excluding diaryl/α,β-unsaturated/α-hetero) is 1. The normalized spacial score (nSPS) is 10.2. The molecule has 108 valence electrons. The van der Waals surface area contributed by atoms with Crippen molar-refractivity contribution >= 4 is 5.78 Å². The SMILES string of the molecule is O=C(Cc1ccncn1)c1cc(Oc2cccnc2)ccn1. The average Bonchev–Trinajstić information content (AvgIpc) is 2.57. The first-order chi connectivity index (χ1) is 10.8. The number of rotatable bonds is 5. The van der Waals surface area contributed by atoms with E-state index in [1.165, 1.54) is 6.33 Å². The Morgan fingerprint density at radius 1 is 1.00 bits per heavy atom. The van der Waals surface area contributed by atoms with Gasteiger partial charge in [0.2, 0.25) is 0 Å². The lowest BCUT2D eigenvalue weighted by Crippen LogP contribution is -2.07. The van der Waals surface area contributed by atoms with Gasteiger partial charge < -0.3 is 4.74 Å². The zero-order valence-electron chi connectivity index (χ0n) is 11.6. The molecule has 0 saturated heterocycles. The van der Waals surface area contributed by atoms with Crippen molar-refractivity contribution in [3.63, 3.8) is 0 Å². The number of aromatic nitrogens is 4. The maximum Gasteiger partial charge on any atom is 0.187 e. The average molecular weight is 292 g/mol. The van der Waals surface area contributed by atoms with Gasteiger partial charge in [-0.3, -0.25) is 14.8 Å². The molecule has 0 aliphatic rings. The third-order valence-corrected chi connectivity index (χ3v) is 2.87. The molecule has 0 N–H and O–H groups in total. The molecule has 0 fully saturated rings. The Kier molecular flexibility index (Phi) is 4.10. The molecule has 0 aliphatic carbocycles. The number of nitrogens with zero attached hydrogens (tertiary/aromatic N) is 4. The molecule has 0 aliphatic heterocycles. The molecule has 3 aromatic rings. The monoisotopic (exact) mass is 292 g/mol. The number of carbonyl (C=O) groups is 1. The smallest absolute Gasteiger partial charge is 0.187 e. The zero-order valence-corrected chi connectivity index (χ0v) is 11.6. The summed E-state index contributed by atoms with van der Waals surface area (Å²) < 4.78 is 5.64. The lowest BCUT2D eigenvalue weighted by molar-refractivity contribution is 0.0987. The molecule has 3 aromatic heterocycles. The van der Waals surface area contributed by atoms with Crippen LogP contribution in [-0.2, 0) is 6.42 Å². The predicted octanol–water partition coefficient (Wildman–Crippen LogP) is 2.48. The van der Waals surface area contributed by atoms with E-state index in [4.69, 9.17) is 4.74 Å². The van der Waals surface area contributed by atoms with Crippen LogP contribution in [-0.4, -0.2) is 25.7 Å². The highest BCUT2D eigenvalue weighted by Crippen LogP contribution is 2.20. The molecule has 6 heteroatoms. The molecule has 3 rings (SSSR count). The molecular formula is C16H12N4O2. The summed E-state index contributed by atoms with van der Waals surface area (Å²) in [5.41, 5.74) is 0.986. The van der Waals surface area contributed by atoms with Crippen molar-refractivity contribution in [3.8, 4) is 11.5 Å². The summed E-state index contributed by atoms with van der Waals surface area (Å²) in [6.07, 6.45) is 7.99. The Morgan fingerprint density at radius 3 is 2.73 bits per heavy atom. The maximum atomic E-state index is 12.2. The molecule has 0 amide bonds. The maximum absolute atomic E-state index is 12.2. The minimum atomic E-state index is -0.129. The quantitative estimate of drug-likeness (QED) is 0.672. The fourth-order valence-electron chi connectivity index (χ4n) is 1.85. The second-order valence-corrected chi connectivity index (χ2v) is 4.47. The molecule has 0 aromatic carbocycles. The van der Waals surface area contributed by atoms with Crippen LogP contribution in [0.4, 0.5) is 0 Å². The summed E-state index contributed by atoms with van der Waals surface area (Å²) in [5.74, 6) is 1.01. The van der Waals surface area contributed by atoms with Crippen LogP contribution < -0.4 is 4.74 Å². The van der Waals surface area contributed by atoms with Crippen LogP contribution in [0, 0.1) is 0 Å². The summed E-state index contributed by atoms with van der Waals surface area (Å²) in [6.45, 7) is 0. The fourth-order valence-corrected chi connectivity index (χ4v) is 1.85. The number of ketones is 1. The van der Waals surface area contributed by atoms with E-state index in [9.17, 15) is 4.79 Å². The van der Waals surface area contributed by atoms with Crippen LogP contribution in [0.5, 0.6) is 11.5 Å². The summed E-state index contributed by atoms with van der Waals surface area (Å²) in [6, 6.07) is 8.56. The fraction of sp³-hybridized carbons (Fsp3) is 0.0625. The van der Waals surface area contributed by atoms with Crippen LogP contribution in [0.15, 0.2) is 61.4 Å². The second-order valence-electron chi connectivity index (χ2n) is 4.47. The molecule has 0 unspecified atom stereocenters. The topological polar surface area (TPSA) is 77.9 Å². The van der Waals surface area contributed by atoms with Crippen LogP contribution in [0.2, 0.25) is 0 Å². The van der Waals surface area contributed by atoms with E-state index in [-0.39, 0.29) is 12.2 Å². The van der Waals surface area contributed by atoms with Crippen LogP contribution >= 0.6 is 0 Å². The first-order valence-corrected chi connectivity index (χ1v) is 6.63. The zero-order chi connectivity index (χ0) is 15.2. The Labute approximate surface area is 126 Å². The van der Waals surface area contributed by atoms with Gasteiger partial charge in [0.1, 0.15) is 23.5 Å². The first kappa shape index (κ1) is 13.8. The molecule has 3 heterocycles. The van der Waals surface area contributed by atoms with Gasteiger partial charge in [0.25, 0.3) is 0 Å². The van der Waals surface area contributed by atoms with E-state index in [0.717, 1.165) is 0 Å². The number of pyridine rings is 2. The Bertz CT molecular complexity index is 763. The van der Waals surface area contributed by atoms with Gasteiger partial charge in [-0.1, -0.05) is 0 Å². The van der Waals surface area contributed by atoms with Gasteiger partial charge in [0.05, 0.1) is 18.3 Å². The van der Waals surface area contributed by atoms with Gasteiger partial charge in [-0.15, -0.1) is 0 Å². The van der Waals surface area contributed by atoms with E-state index in [1.54, 1.807) is 55.1 Å². The first-order valence-electron chi connectivity index (χ1n) is 6.63. The Balaban J connectivity index is 1.75. The molecule has 0 spiro atoms. The molecule has 0 saturated carbocycles. The molecule has 0 radical (unpaired) electrons. The number of ether oxygens (including phenoxy) is 1. The summed E-state index contributed by atoms with van der Waals surface area (Å²) >= 11 is 0. The van der Waals surface area contributed by atoms with Crippen LogP contribution in [0.25, 0.3) is 0 Å². The minimum Gasteiger partial charge on any atom is -0.456 e. The van der Waals surface area contributed by atoms with Crippen molar-refractivity contribution < 1.29 is 9.53 Å². The van der Waals surface area contributed by atoms with Crippen molar-refractivity contribution in [2.24, 2.45) is 0 Å². The van der Waals surface area contributed by atoms with Crippen LogP contribution in [0.3, 0.4) is 0 Å². The van der Waals surface area contributed by atoms with E-state index < -0.39 is 0 Å². The van der Waals surface area contributed by atoms with Gasteiger partial charge >= 0.3 is 0 Å². The van der Waals surface area contributed by atoms with Crippen molar-refractivity contribution in [2.45, 2.75) is 6.42 Å². The van der Waals surface area contributed by atoms with Crippen molar-refractivity contribution in [3.05, 3.63) is 72.8 Å². The van der Waals surface area contributed by atoms with E-state index in [1.807, 2.05) is 0 Å². The predicted molar refractivity (Wildman–Crippen MR) is 78.6 cm³/mol. The Hall–Kier alpha value is -3.15. The highest BCUT2D eigenvalue weighted by molar-refractivity contribution is 5.95. The molecule has 22 heavy (non-hydrogen) atoms. The standard InChI is InChI=1S/C16H12N4O2/c21-16(8-12-3-6-18-11-20-12)15-9-13(4-7-19-15)22-14-2-1-5-17-10-14/h1-7,9-11H,8H2. The van der Waals surface area contributed by atoms with Crippen molar-refractivity contribution in [1.82, 2.24) is 19.9 Å². The van der Waals surface area contributed by atoms with Gasteiger partial charge in [-0.25, -0.2) is 9.97 Å². The minimum absolute atomic E-state index is 0.129. The van der Waals surface area contributed by atoms with Crippen molar-refractivity contribution in [2.75, 3.05) is 0 Å². The molecule has 0 atom stereocenters. The summed E-state index contributed by atoms with van der Waals surface area (Å²) in [4.78, 5) is 28.1. The molecule has 6 nitrogen and oxygen atoms in total. The van der Waals surface area contributed by atoms with Gasteiger partial charge in [0.15, 0.2) is 5.78 Å². The van der Waals surface area contributed by atoms with E-state index in [2.05, 4.69) is 19.9 Å². The lowest BCUT2D eigenvalue weighted by Gasteiger charge is -2.06.